The number of anilines is 3. The van der Waals surface area contributed by atoms with Crippen molar-refractivity contribution in [1.29, 1.82) is 0 Å². The molecule has 210 valence electrons. The minimum atomic E-state index is -3.36. The second-order valence-corrected chi connectivity index (χ2v) is 12.5. The number of thiol groups is 1. The van der Waals surface area contributed by atoms with Crippen LogP contribution in [0, 0.1) is 5.92 Å². The van der Waals surface area contributed by atoms with Gasteiger partial charge in [0, 0.05) is 24.8 Å². The highest BCUT2D eigenvalue weighted by atomic mass is 32.2. The Hall–Kier alpha value is -3.67. The lowest BCUT2D eigenvalue weighted by atomic mass is 9.97. The van der Waals surface area contributed by atoms with E-state index in [-0.39, 0.29) is 22.7 Å². The van der Waals surface area contributed by atoms with E-state index in [1.165, 1.54) is 23.1 Å². The molecular formula is C27H36N6O5S. The van der Waals surface area contributed by atoms with Gasteiger partial charge in [-0.3, -0.25) is 9.69 Å². The molecule has 0 bridgehead atoms. The molecule has 0 saturated carbocycles. The van der Waals surface area contributed by atoms with Crippen LogP contribution in [0.2, 0.25) is 0 Å². The van der Waals surface area contributed by atoms with Gasteiger partial charge in [0.1, 0.15) is 17.2 Å². The minimum absolute atomic E-state index is 0.0908. The zero-order valence-electron chi connectivity index (χ0n) is 23.2. The summed E-state index contributed by atoms with van der Waals surface area (Å²) in [4.78, 5) is 38.9. The van der Waals surface area contributed by atoms with Crippen LogP contribution in [-0.2, 0) is 15.6 Å². The molecule has 0 spiro atoms. The van der Waals surface area contributed by atoms with Crippen molar-refractivity contribution < 1.29 is 22.7 Å². The Morgan fingerprint density at radius 1 is 1.15 bits per heavy atom. The molecule has 39 heavy (non-hydrogen) atoms. The lowest BCUT2D eigenvalue weighted by molar-refractivity contribution is 0.0349. The number of hydrogen-bond donors (Lipinski definition) is 2. The van der Waals surface area contributed by atoms with Gasteiger partial charge in [0.2, 0.25) is 10.9 Å². The van der Waals surface area contributed by atoms with Crippen molar-refractivity contribution in [3.63, 3.8) is 0 Å². The van der Waals surface area contributed by atoms with Crippen LogP contribution in [0.3, 0.4) is 0 Å². The molecule has 2 aliphatic rings. The molecule has 4 heterocycles. The number of aromatic nitrogens is 2. The summed E-state index contributed by atoms with van der Waals surface area (Å²) in [5.74, 6) is -0.0528. The first kappa shape index (κ1) is 28.3. The predicted octanol–water partition coefficient (Wildman–Crippen LogP) is 3.84. The minimum Gasteiger partial charge on any atom is -0.443 e. The van der Waals surface area contributed by atoms with Gasteiger partial charge in [0.05, 0.1) is 11.3 Å². The van der Waals surface area contributed by atoms with E-state index in [1.807, 2.05) is 20.8 Å². The summed E-state index contributed by atoms with van der Waals surface area (Å²) in [6.07, 6.45) is 2.71. The van der Waals surface area contributed by atoms with Crippen molar-refractivity contribution in [2.75, 3.05) is 28.0 Å². The van der Waals surface area contributed by atoms with Gasteiger partial charge >= 0.3 is 6.09 Å². The fourth-order valence-corrected chi connectivity index (χ4v) is 5.64. The molecule has 0 radical (unpaired) electrons. The summed E-state index contributed by atoms with van der Waals surface area (Å²) in [7, 11) is -3.36. The van der Waals surface area contributed by atoms with Crippen molar-refractivity contribution in [1.82, 2.24) is 14.9 Å². The number of carbonyl (C=O) groups is 2. The largest absolute Gasteiger partial charge is 0.443 e. The number of carbonyl (C=O) groups excluding carboxylic acids is 2. The predicted molar refractivity (Wildman–Crippen MR) is 151 cm³/mol. The Morgan fingerprint density at radius 2 is 1.87 bits per heavy atom. The van der Waals surface area contributed by atoms with E-state index in [0.29, 0.717) is 41.2 Å². The maximum atomic E-state index is 13.8. The Morgan fingerprint density at radius 3 is 2.46 bits per heavy atom. The molecule has 2 aromatic rings. The summed E-state index contributed by atoms with van der Waals surface area (Å²) in [5.41, 5.74) is 6.36. The zero-order chi connectivity index (χ0) is 28.7. The van der Waals surface area contributed by atoms with E-state index in [9.17, 15) is 18.0 Å². The van der Waals surface area contributed by atoms with Gasteiger partial charge in [-0.05, 0) is 83.2 Å². The smallest absolute Gasteiger partial charge is 0.414 e. The molecule has 0 aliphatic carbocycles. The number of ether oxygens (including phenoxy) is 1. The molecule has 4 rings (SSSR count). The Bertz CT molecular complexity index is 1390. The van der Waals surface area contributed by atoms with Crippen LogP contribution in [0.4, 0.5) is 22.2 Å². The van der Waals surface area contributed by atoms with Crippen molar-refractivity contribution in [2.45, 2.75) is 65.5 Å². The van der Waals surface area contributed by atoms with E-state index in [2.05, 4.69) is 30.7 Å². The number of hydrogen-bond acceptors (Lipinski definition) is 9. The van der Waals surface area contributed by atoms with Gasteiger partial charge in [-0.2, -0.15) is 4.31 Å². The Kier molecular flexibility index (Phi) is 7.61. The summed E-state index contributed by atoms with van der Waals surface area (Å²) in [5, 5.41) is 0. The fraction of sp³-hybridized carbons (Fsp3) is 0.481. The monoisotopic (exact) mass is 556 g/mol. The van der Waals surface area contributed by atoms with Crippen LogP contribution in [0.25, 0.3) is 5.57 Å². The van der Waals surface area contributed by atoms with Gasteiger partial charge in [0.15, 0.2) is 5.82 Å². The van der Waals surface area contributed by atoms with Crippen LogP contribution >= 0.6 is 0 Å². The van der Waals surface area contributed by atoms with Gasteiger partial charge in [0.25, 0.3) is 5.91 Å². The maximum Gasteiger partial charge on any atom is 0.414 e. The first-order valence-electron chi connectivity index (χ1n) is 12.9. The van der Waals surface area contributed by atoms with Crippen LogP contribution in [0.15, 0.2) is 36.5 Å². The van der Waals surface area contributed by atoms with Crippen LogP contribution < -0.4 is 14.9 Å². The van der Waals surface area contributed by atoms with Crippen LogP contribution in [-0.4, -0.2) is 59.5 Å². The third-order valence-corrected chi connectivity index (χ3v) is 7.37. The average molecular weight is 557 g/mol. The van der Waals surface area contributed by atoms with Gasteiger partial charge in [-0.15, -0.1) is 0 Å². The third-order valence-electron chi connectivity index (χ3n) is 6.65. The topological polar surface area (TPSA) is 139 Å². The van der Waals surface area contributed by atoms with Gasteiger partial charge < -0.3 is 15.4 Å². The SMILES string of the molecule is C[C@@H]1CN(c2nc(C3=CN(C(=O)OC(C)(C)C)CC3)ccc2C(=O)N(c2cccc(N)n2)[SH](=O)=O)C(C)(C)C1. The van der Waals surface area contributed by atoms with Crippen LogP contribution in [0.5, 0.6) is 0 Å². The van der Waals surface area contributed by atoms with E-state index in [0.717, 1.165) is 12.0 Å². The van der Waals surface area contributed by atoms with Crippen molar-refractivity contribution in [3.8, 4) is 0 Å². The van der Waals surface area contributed by atoms with Crippen LogP contribution in [0.1, 0.15) is 70.4 Å². The van der Waals surface area contributed by atoms with Gasteiger partial charge in [-0.1, -0.05) is 13.0 Å². The summed E-state index contributed by atoms with van der Waals surface area (Å²) in [6.45, 7) is 12.8. The van der Waals surface area contributed by atoms with E-state index >= 15 is 0 Å². The molecule has 2 N–H and O–H groups in total. The first-order chi connectivity index (χ1) is 18.2. The molecule has 1 atom stereocenters. The molecule has 0 unspecified atom stereocenters. The number of pyridine rings is 2. The second-order valence-electron chi connectivity index (χ2n) is 11.7. The molecule has 2 amide bonds. The lowest BCUT2D eigenvalue weighted by Crippen LogP contribution is -2.41. The van der Waals surface area contributed by atoms with E-state index in [4.69, 9.17) is 15.5 Å². The number of rotatable bonds is 5. The molecule has 1 fully saturated rings. The molecule has 0 aromatic carbocycles. The van der Waals surface area contributed by atoms with Crippen molar-refractivity contribution in [3.05, 3.63) is 47.8 Å². The average Bonchev–Trinajstić information content (AvgIpc) is 3.41. The second kappa shape index (κ2) is 10.5. The highest BCUT2D eigenvalue weighted by Crippen LogP contribution is 2.39. The quantitative estimate of drug-likeness (QED) is 0.526. The lowest BCUT2D eigenvalue weighted by Gasteiger charge is -2.34. The Labute approximate surface area is 230 Å². The number of nitrogens with two attached hydrogens (primary N) is 1. The maximum absolute atomic E-state index is 13.8. The van der Waals surface area contributed by atoms with Crippen molar-refractivity contribution in [2.24, 2.45) is 5.92 Å². The zero-order valence-corrected chi connectivity index (χ0v) is 24.1. The molecule has 2 aromatic heterocycles. The molecule has 1 saturated heterocycles. The van der Waals surface area contributed by atoms with E-state index in [1.54, 1.807) is 18.3 Å². The highest BCUT2D eigenvalue weighted by molar-refractivity contribution is 7.75. The molecular weight excluding hydrogens is 520 g/mol. The highest BCUT2D eigenvalue weighted by Gasteiger charge is 2.40. The number of amides is 2. The molecule has 12 heteroatoms. The Balaban J connectivity index is 1.78. The van der Waals surface area contributed by atoms with E-state index < -0.39 is 28.5 Å². The molecule has 2 aliphatic heterocycles. The van der Waals surface area contributed by atoms with Gasteiger partial charge in [-0.25, -0.2) is 23.2 Å². The van der Waals surface area contributed by atoms with Crippen molar-refractivity contribution >= 4 is 45.9 Å². The standard InChI is InChI=1S/C27H36N6O5S/c1-17-14-27(5,6)32(15-17)23-19(24(34)33(39(36)37)22-9-7-8-21(28)30-22)10-11-20(29-23)18-12-13-31(16-18)25(35)38-26(2,3)4/h7-11,16-17,39H,12-15H2,1-6H3,(H2,28,30)/t17-/m0/s1. The number of nitrogen functional groups attached to an aromatic ring is 1. The number of nitrogens with zero attached hydrogens (tertiary/aromatic N) is 5. The summed E-state index contributed by atoms with van der Waals surface area (Å²) >= 11 is 0. The summed E-state index contributed by atoms with van der Waals surface area (Å²) in [6, 6.07) is 7.73. The first-order valence-corrected chi connectivity index (χ1v) is 14.0. The summed E-state index contributed by atoms with van der Waals surface area (Å²) < 4.78 is 30.7. The normalized spacial score (nSPS) is 18.8. The third kappa shape index (κ3) is 6.16. The fourth-order valence-electron chi connectivity index (χ4n) is 5.11. The molecule has 11 nitrogen and oxygen atoms in total.